The molecule has 0 aromatic heterocycles. The number of likely N-dealkylation sites (tertiary alicyclic amines) is 1. The van der Waals surface area contributed by atoms with Gasteiger partial charge in [0.05, 0.1) is 18.1 Å². The Kier molecular flexibility index (Phi) is 3.07. The Balaban J connectivity index is 2.59. The highest BCUT2D eigenvalue weighted by molar-refractivity contribution is 5.02. The van der Waals surface area contributed by atoms with Crippen LogP contribution in [0.15, 0.2) is 0 Å². The van der Waals surface area contributed by atoms with Gasteiger partial charge in [-0.05, 0) is 26.4 Å². The second kappa shape index (κ2) is 3.88. The number of hydrogen-bond donors (Lipinski definition) is 0. The van der Waals surface area contributed by atoms with Crippen LogP contribution >= 0.6 is 0 Å². The zero-order chi connectivity index (χ0) is 9.03. The van der Waals surface area contributed by atoms with Gasteiger partial charge in [-0.15, -0.1) is 0 Å². The van der Waals surface area contributed by atoms with Crippen molar-refractivity contribution in [3.8, 4) is 6.07 Å². The Morgan fingerprint density at radius 1 is 1.67 bits per heavy atom. The van der Waals surface area contributed by atoms with Gasteiger partial charge in [0.15, 0.2) is 0 Å². The predicted octanol–water partition coefficient (Wildman–Crippen LogP) is 0.868. The molecule has 1 saturated heterocycles. The van der Waals surface area contributed by atoms with Crippen molar-refractivity contribution in [2.24, 2.45) is 5.41 Å². The highest BCUT2D eigenvalue weighted by atomic mass is 16.5. The Labute approximate surface area is 73.9 Å². The number of hydrogen-bond acceptors (Lipinski definition) is 3. The lowest BCUT2D eigenvalue weighted by Crippen LogP contribution is -2.42. The molecule has 0 saturated carbocycles. The van der Waals surface area contributed by atoms with Gasteiger partial charge in [-0.2, -0.15) is 5.26 Å². The van der Waals surface area contributed by atoms with Gasteiger partial charge < -0.3 is 9.64 Å². The minimum Gasteiger partial charge on any atom is -0.383 e. The predicted molar refractivity (Wildman–Crippen MR) is 46.7 cm³/mol. The van der Waals surface area contributed by atoms with E-state index in [0.29, 0.717) is 6.61 Å². The molecule has 12 heavy (non-hydrogen) atoms. The van der Waals surface area contributed by atoms with E-state index in [0.717, 1.165) is 25.9 Å². The summed E-state index contributed by atoms with van der Waals surface area (Å²) >= 11 is 0. The van der Waals surface area contributed by atoms with Crippen molar-refractivity contribution in [2.45, 2.75) is 12.8 Å². The van der Waals surface area contributed by atoms with Crippen LogP contribution in [0.3, 0.4) is 0 Å². The molecule has 1 unspecified atom stereocenters. The molecular weight excluding hydrogens is 152 g/mol. The summed E-state index contributed by atoms with van der Waals surface area (Å²) in [6.45, 7) is 2.51. The van der Waals surface area contributed by atoms with Crippen LogP contribution in [-0.4, -0.2) is 38.8 Å². The Bertz CT molecular complexity index is 183. The third-order valence-electron chi connectivity index (χ3n) is 2.43. The van der Waals surface area contributed by atoms with Crippen molar-refractivity contribution in [1.82, 2.24) is 4.90 Å². The van der Waals surface area contributed by atoms with E-state index in [1.165, 1.54) is 0 Å². The van der Waals surface area contributed by atoms with E-state index in [4.69, 9.17) is 10.00 Å². The smallest absolute Gasteiger partial charge is 0.0933 e. The van der Waals surface area contributed by atoms with E-state index >= 15 is 0 Å². The lowest BCUT2D eigenvalue weighted by Gasteiger charge is -2.35. The van der Waals surface area contributed by atoms with Crippen LogP contribution < -0.4 is 0 Å². The summed E-state index contributed by atoms with van der Waals surface area (Å²) in [5.41, 5.74) is -0.248. The third kappa shape index (κ3) is 1.96. The van der Waals surface area contributed by atoms with Crippen LogP contribution in [-0.2, 0) is 4.74 Å². The maximum Gasteiger partial charge on any atom is 0.0933 e. The molecule has 1 aliphatic heterocycles. The molecule has 1 atom stereocenters. The summed E-state index contributed by atoms with van der Waals surface area (Å²) in [5.74, 6) is 0. The fourth-order valence-corrected chi connectivity index (χ4v) is 1.88. The standard InChI is InChI=1S/C9H16N2O/c1-11-5-3-4-9(6-10,7-11)8-12-2/h3-5,7-8H2,1-2H3. The molecule has 0 amide bonds. The topological polar surface area (TPSA) is 36.3 Å². The summed E-state index contributed by atoms with van der Waals surface area (Å²) in [7, 11) is 3.72. The highest BCUT2D eigenvalue weighted by Gasteiger charge is 2.34. The molecule has 3 nitrogen and oxygen atoms in total. The van der Waals surface area contributed by atoms with E-state index in [1.54, 1.807) is 7.11 Å². The van der Waals surface area contributed by atoms with Gasteiger partial charge >= 0.3 is 0 Å². The lowest BCUT2D eigenvalue weighted by atomic mass is 9.82. The minimum absolute atomic E-state index is 0.248. The fourth-order valence-electron chi connectivity index (χ4n) is 1.88. The van der Waals surface area contributed by atoms with Crippen LogP contribution in [0.4, 0.5) is 0 Å². The van der Waals surface area contributed by atoms with E-state index in [1.807, 2.05) is 0 Å². The summed E-state index contributed by atoms with van der Waals surface area (Å²) < 4.78 is 5.07. The molecule has 0 spiro atoms. The normalized spacial score (nSPS) is 31.4. The second-order valence-electron chi connectivity index (χ2n) is 3.67. The van der Waals surface area contributed by atoms with Gasteiger partial charge in [-0.1, -0.05) is 0 Å². The molecular formula is C9H16N2O. The Morgan fingerprint density at radius 3 is 2.92 bits per heavy atom. The molecule has 0 aromatic rings. The average molecular weight is 168 g/mol. The average Bonchev–Trinajstić information content (AvgIpc) is 2.05. The number of methoxy groups -OCH3 is 1. The van der Waals surface area contributed by atoms with Crippen LogP contribution in [0, 0.1) is 16.7 Å². The van der Waals surface area contributed by atoms with E-state index in [-0.39, 0.29) is 5.41 Å². The minimum atomic E-state index is -0.248. The zero-order valence-corrected chi connectivity index (χ0v) is 7.84. The van der Waals surface area contributed by atoms with Gasteiger partial charge in [0.25, 0.3) is 0 Å². The molecule has 1 rings (SSSR count). The number of nitrogens with zero attached hydrogens (tertiary/aromatic N) is 2. The second-order valence-corrected chi connectivity index (χ2v) is 3.67. The first kappa shape index (κ1) is 9.50. The largest absolute Gasteiger partial charge is 0.383 e. The van der Waals surface area contributed by atoms with Gasteiger partial charge in [0.2, 0.25) is 0 Å². The van der Waals surface area contributed by atoms with E-state index < -0.39 is 0 Å². The summed E-state index contributed by atoms with van der Waals surface area (Å²) in [5, 5.41) is 9.03. The van der Waals surface area contributed by atoms with Crippen LogP contribution in [0.1, 0.15) is 12.8 Å². The third-order valence-corrected chi connectivity index (χ3v) is 2.43. The van der Waals surface area contributed by atoms with Gasteiger partial charge in [-0.3, -0.25) is 0 Å². The van der Waals surface area contributed by atoms with Crippen molar-refractivity contribution in [1.29, 1.82) is 5.26 Å². The number of piperidine rings is 1. The zero-order valence-electron chi connectivity index (χ0n) is 7.84. The van der Waals surface area contributed by atoms with E-state index in [9.17, 15) is 0 Å². The van der Waals surface area contributed by atoms with Gasteiger partial charge in [-0.25, -0.2) is 0 Å². The maximum absolute atomic E-state index is 9.03. The van der Waals surface area contributed by atoms with Crippen LogP contribution in [0.5, 0.6) is 0 Å². The van der Waals surface area contributed by atoms with Crippen molar-refractivity contribution in [3.05, 3.63) is 0 Å². The van der Waals surface area contributed by atoms with Crippen molar-refractivity contribution < 1.29 is 4.74 Å². The molecule has 0 aromatic carbocycles. The van der Waals surface area contributed by atoms with Crippen molar-refractivity contribution in [3.63, 3.8) is 0 Å². The highest BCUT2D eigenvalue weighted by Crippen LogP contribution is 2.28. The van der Waals surface area contributed by atoms with Crippen LogP contribution in [0.25, 0.3) is 0 Å². The van der Waals surface area contributed by atoms with E-state index in [2.05, 4.69) is 18.0 Å². The molecule has 0 N–H and O–H groups in total. The monoisotopic (exact) mass is 168 g/mol. The molecule has 1 fully saturated rings. The molecule has 0 bridgehead atoms. The molecule has 0 aliphatic carbocycles. The summed E-state index contributed by atoms with van der Waals surface area (Å²) in [4.78, 5) is 2.20. The fraction of sp³-hybridized carbons (Fsp3) is 0.889. The quantitative estimate of drug-likeness (QED) is 0.613. The molecule has 68 valence electrons. The Morgan fingerprint density at radius 2 is 2.42 bits per heavy atom. The SMILES string of the molecule is COCC1(C#N)CCCN(C)C1. The molecule has 1 aliphatic rings. The number of nitriles is 1. The molecule has 0 radical (unpaired) electrons. The first-order valence-corrected chi connectivity index (χ1v) is 4.31. The van der Waals surface area contributed by atoms with Crippen LogP contribution in [0.2, 0.25) is 0 Å². The summed E-state index contributed by atoms with van der Waals surface area (Å²) in [6, 6.07) is 2.38. The van der Waals surface area contributed by atoms with Gasteiger partial charge in [0.1, 0.15) is 0 Å². The lowest BCUT2D eigenvalue weighted by molar-refractivity contribution is 0.0589. The first-order chi connectivity index (χ1) is 5.72. The summed E-state index contributed by atoms with van der Waals surface area (Å²) in [6.07, 6.45) is 2.08. The number of rotatable bonds is 2. The molecule has 1 heterocycles. The van der Waals surface area contributed by atoms with Gasteiger partial charge in [0, 0.05) is 13.7 Å². The van der Waals surface area contributed by atoms with Crippen molar-refractivity contribution in [2.75, 3.05) is 33.9 Å². The maximum atomic E-state index is 9.03. The van der Waals surface area contributed by atoms with Crippen molar-refractivity contribution >= 4 is 0 Å². The number of ether oxygens (including phenoxy) is 1. The first-order valence-electron chi connectivity index (χ1n) is 4.31. The Hall–Kier alpha value is -0.590. The molecule has 3 heteroatoms.